The Bertz CT molecular complexity index is 671. The highest BCUT2D eigenvalue weighted by atomic mass is 35.5. The van der Waals surface area contributed by atoms with Gasteiger partial charge in [-0.3, -0.25) is 14.6 Å². The second-order valence-electron chi connectivity index (χ2n) is 7.44. The molecule has 6 nitrogen and oxygen atoms in total. The van der Waals surface area contributed by atoms with Crippen molar-refractivity contribution in [3.8, 4) is 5.75 Å². The molecule has 0 saturated carbocycles. The highest BCUT2D eigenvalue weighted by Crippen LogP contribution is 2.29. The van der Waals surface area contributed by atoms with Crippen LogP contribution >= 0.6 is 11.6 Å². The topological polar surface area (TPSA) is 48.0 Å². The average Bonchev–Trinajstić information content (AvgIpc) is 2.64. The lowest BCUT2D eigenvalue weighted by atomic mass is 10.0. The van der Waals surface area contributed by atoms with E-state index < -0.39 is 6.61 Å². The summed E-state index contributed by atoms with van der Waals surface area (Å²) < 4.78 is 28.8. The van der Waals surface area contributed by atoms with Crippen molar-refractivity contribution in [3.63, 3.8) is 0 Å². The van der Waals surface area contributed by atoms with Crippen LogP contribution in [0, 0.1) is 0 Å². The van der Waals surface area contributed by atoms with Crippen molar-refractivity contribution in [1.29, 1.82) is 0 Å². The van der Waals surface area contributed by atoms with Gasteiger partial charge in [-0.25, -0.2) is 0 Å². The molecule has 0 aliphatic carbocycles. The number of hydrogen-bond donors (Lipinski definition) is 1. The summed E-state index contributed by atoms with van der Waals surface area (Å²) in [4.78, 5) is 19.4. The van der Waals surface area contributed by atoms with Crippen LogP contribution in [0.4, 0.5) is 14.5 Å². The molecule has 28 heavy (non-hydrogen) atoms. The van der Waals surface area contributed by atoms with Crippen molar-refractivity contribution in [2.45, 2.75) is 25.5 Å². The SMILES string of the molecule is CN1CCCC(N2CCN(CC(=O)Nc3ccc(OC(F)F)c(Cl)c3)CC2)C1. The first-order chi connectivity index (χ1) is 13.4. The van der Waals surface area contributed by atoms with Gasteiger partial charge in [0.1, 0.15) is 5.75 Å². The molecule has 0 spiro atoms. The zero-order valence-electron chi connectivity index (χ0n) is 16.0. The number of benzene rings is 1. The Morgan fingerprint density at radius 2 is 2.04 bits per heavy atom. The fraction of sp³-hybridized carbons (Fsp3) is 0.632. The number of rotatable bonds is 6. The Hall–Kier alpha value is -1.48. The maximum absolute atomic E-state index is 12.3. The van der Waals surface area contributed by atoms with Gasteiger partial charge in [0.2, 0.25) is 5.91 Å². The lowest BCUT2D eigenvalue weighted by Crippen LogP contribution is -2.55. The number of hydrogen-bond acceptors (Lipinski definition) is 5. The number of ether oxygens (including phenoxy) is 1. The molecule has 1 N–H and O–H groups in total. The van der Waals surface area contributed by atoms with Gasteiger partial charge in [0.15, 0.2) is 0 Å². The summed E-state index contributed by atoms with van der Waals surface area (Å²) >= 11 is 5.92. The minimum Gasteiger partial charge on any atom is -0.433 e. The lowest BCUT2D eigenvalue weighted by molar-refractivity contribution is -0.117. The van der Waals surface area contributed by atoms with E-state index in [1.807, 2.05) is 0 Å². The van der Waals surface area contributed by atoms with E-state index in [0.29, 0.717) is 18.3 Å². The molecule has 2 aliphatic heterocycles. The summed E-state index contributed by atoms with van der Waals surface area (Å²) in [5.74, 6) is -0.261. The summed E-state index contributed by atoms with van der Waals surface area (Å²) in [5, 5.41) is 2.79. The Balaban J connectivity index is 1.44. The number of nitrogens with one attached hydrogen (secondary N) is 1. The molecule has 3 rings (SSSR count). The van der Waals surface area contributed by atoms with Gasteiger partial charge in [-0.15, -0.1) is 0 Å². The summed E-state index contributed by atoms with van der Waals surface area (Å²) in [5.41, 5.74) is 0.459. The molecule has 0 radical (unpaired) electrons. The molecule has 0 bridgehead atoms. The first kappa shape index (κ1) is 21.2. The number of halogens is 3. The second-order valence-corrected chi connectivity index (χ2v) is 7.85. The standard InChI is InChI=1S/C19H27ClF2N4O2/c1-24-6-2-3-15(12-24)26-9-7-25(8-10-26)13-18(27)23-14-4-5-17(16(20)11-14)28-19(21)22/h4-5,11,15,19H,2-3,6-10,12-13H2,1H3,(H,23,27). The zero-order chi connectivity index (χ0) is 20.1. The molecular weight excluding hydrogens is 390 g/mol. The smallest absolute Gasteiger partial charge is 0.387 e. The lowest BCUT2D eigenvalue weighted by Gasteiger charge is -2.42. The average molecular weight is 417 g/mol. The molecule has 2 fully saturated rings. The monoisotopic (exact) mass is 416 g/mol. The first-order valence-corrected chi connectivity index (χ1v) is 9.97. The third-order valence-corrected chi connectivity index (χ3v) is 5.62. The van der Waals surface area contributed by atoms with Crippen LogP contribution in [0.3, 0.4) is 0 Å². The van der Waals surface area contributed by atoms with Crippen LogP contribution < -0.4 is 10.1 Å². The minimum atomic E-state index is -2.94. The Morgan fingerprint density at radius 3 is 2.68 bits per heavy atom. The molecule has 1 aromatic carbocycles. The van der Waals surface area contributed by atoms with Crippen molar-refractivity contribution in [2.24, 2.45) is 0 Å². The van der Waals surface area contributed by atoms with Gasteiger partial charge >= 0.3 is 6.61 Å². The van der Waals surface area contributed by atoms with E-state index in [2.05, 4.69) is 31.8 Å². The number of piperazine rings is 1. The molecule has 2 aliphatic rings. The summed E-state index contributed by atoms with van der Waals surface area (Å²) in [6.07, 6.45) is 2.49. The Labute approximate surface area is 169 Å². The highest BCUT2D eigenvalue weighted by molar-refractivity contribution is 6.32. The highest BCUT2D eigenvalue weighted by Gasteiger charge is 2.27. The van der Waals surface area contributed by atoms with Crippen molar-refractivity contribution in [1.82, 2.24) is 14.7 Å². The maximum Gasteiger partial charge on any atom is 0.387 e. The van der Waals surface area contributed by atoms with Crippen molar-refractivity contribution < 1.29 is 18.3 Å². The van der Waals surface area contributed by atoms with Gasteiger partial charge in [0.05, 0.1) is 11.6 Å². The number of nitrogens with zero attached hydrogens (tertiary/aromatic N) is 3. The van der Waals surface area contributed by atoms with Crippen molar-refractivity contribution in [3.05, 3.63) is 23.2 Å². The number of alkyl halides is 2. The van der Waals surface area contributed by atoms with Crippen LogP contribution in [0.2, 0.25) is 5.02 Å². The van der Waals surface area contributed by atoms with Crippen molar-refractivity contribution >= 4 is 23.2 Å². The Kier molecular flexibility index (Phi) is 7.45. The fourth-order valence-corrected chi connectivity index (χ4v) is 4.12. The normalized spacial score (nSPS) is 22.4. The molecule has 1 unspecified atom stereocenters. The summed E-state index contributed by atoms with van der Waals surface area (Å²) in [6, 6.07) is 4.85. The largest absolute Gasteiger partial charge is 0.433 e. The molecule has 0 aromatic heterocycles. The number of likely N-dealkylation sites (tertiary alicyclic amines) is 1. The number of carbonyl (C=O) groups excluding carboxylic acids is 1. The van der Waals surface area contributed by atoms with E-state index >= 15 is 0 Å². The van der Waals surface area contributed by atoms with E-state index in [4.69, 9.17) is 11.6 Å². The Morgan fingerprint density at radius 1 is 1.29 bits per heavy atom. The van der Waals surface area contributed by atoms with E-state index in [1.165, 1.54) is 37.6 Å². The van der Waals surface area contributed by atoms with E-state index in [1.54, 1.807) is 0 Å². The van der Waals surface area contributed by atoms with E-state index in [9.17, 15) is 13.6 Å². The second kappa shape index (κ2) is 9.82. The third kappa shape index (κ3) is 6.01. The van der Waals surface area contributed by atoms with Crippen LogP contribution in [-0.2, 0) is 4.79 Å². The van der Waals surface area contributed by atoms with E-state index in [0.717, 1.165) is 32.7 Å². The van der Waals surface area contributed by atoms with Crippen LogP contribution in [0.5, 0.6) is 5.75 Å². The zero-order valence-corrected chi connectivity index (χ0v) is 16.8. The van der Waals surface area contributed by atoms with Crippen LogP contribution in [0.15, 0.2) is 18.2 Å². The molecule has 9 heteroatoms. The van der Waals surface area contributed by atoms with Gasteiger partial charge in [0, 0.05) is 44.5 Å². The number of piperidine rings is 1. The molecular formula is C19H27ClF2N4O2. The quantitative estimate of drug-likeness (QED) is 0.772. The van der Waals surface area contributed by atoms with Gasteiger partial charge in [-0.2, -0.15) is 8.78 Å². The fourth-order valence-electron chi connectivity index (χ4n) is 3.90. The number of amides is 1. The van der Waals surface area contributed by atoms with Crippen molar-refractivity contribution in [2.75, 3.05) is 58.2 Å². The van der Waals surface area contributed by atoms with E-state index in [-0.39, 0.29) is 16.7 Å². The summed E-state index contributed by atoms with van der Waals surface area (Å²) in [7, 11) is 2.17. The van der Waals surface area contributed by atoms with Gasteiger partial charge < -0.3 is 15.0 Å². The molecule has 2 heterocycles. The molecule has 1 amide bonds. The third-order valence-electron chi connectivity index (χ3n) is 5.32. The summed E-state index contributed by atoms with van der Waals surface area (Å²) in [6.45, 7) is 3.30. The van der Waals surface area contributed by atoms with Crippen LogP contribution in [0.1, 0.15) is 12.8 Å². The molecule has 156 valence electrons. The molecule has 1 atom stereocenters. The van der Waals surface area contributed by atoms with Gasteiger partial charge in [-0.1, -0.05) is 11.6 Å². The van der Waals surface area contributed by atoms with Gasteiger partial charge in [-0.05, 0) is 44.6 Å². The molecule has 2 saturated heterocycles. The number of carbonyl (C=O) groups is 1. The minimum absolute atomic E-state index is 0.0316. The number of anilines is 1. The maximum atomic E-state index is 12.3. The predicted octanol–water partition coefficient (Wildman–Crippen LogP) is 2.59. The number of likely N-dealkylation sites (N-methyl/N-ethyl adjacent to an activating group) is 1. The predicted molar refractivity (Wildman–Crippen MR) is 105 cm³/mol. The first-order valence-electron chi connectivity index (χ1n) is 9.60. The van der Waals surface area contributed by atoms with Crippen LogP contribution in [-0.4, -0.2) is 86.1 Å². The molecule has 1 aromatic rings. The van der Waals surface area contributed by atoms with Gasteiger partial charge in [0.25, 0.3) is 0 Å². The van der Waals surface area contributed by atoms with Crippen LogP contribution in [0.25, 0.3) is 0 Å².